The van der Waals surface area contributed by atoms with Gasteiger partial charge in [0, 0.05) is 12.5 Å². The number of hydrogen-bond acceptors (Lipinski definition) is 7. The molecule has 0 aliphatic carbocycles. The summed E-state index contributed by atoms with van der Waals surface area (Å²) in [5.41, 5.74) is 0.941. The van der Waals surface area contributed by atoms with E-state index in [4.69, 9.17) is 18.9 Å². The summed E-state index contributed by atoms with van der Waals surface area (Å²) in [5, 5.41) is 0. The third-order valence-corrected chi connectivity index (χ3v) is 5.24. The first kappa shape index (κ1) is 24.2. The van der Waals surface area contributed by atoms with Crippen LogP contribution in [0.2, 0.25) is 0 Å². The van der Waals surface area contributed by atoms with Crippen molar-refractivity contribution in [2.75, 3.05) is 14.2 Å². The van der Waals surface area contributed by atoms with Crippen LogP contribution in [0.5, 0.6) is 11.5 Å². The molecule has 7 nitrogen and oxygen atoms in total. The molecular weight excluding hydrogens is 427 g/mol. The Bertz CT molecular complexity index is 1030. The van der Waals surface area contributed by atoms with Crippen LogP contribution in [0.25, 0.3) is 0 Å². The molecule has 0 fully saturated rings. The molecule has 1 aliphatic rings. The monoisotopic (exact) mass is 456 g/mol. The van der Waals surface area contributed by atoms with E-state index in [9.17, 15) is 4.79 Å². The number of ether oxygens (including phenoxy) is 4. The number of hydrogen-bond donors (Lipinski definition) is 0. The minimum absolute atomic E-state index is 0.118. The molecule has 0 radical (unpaired) electrons. The molecule has 2 aromatic carbocycles. The lowest BCUT2D eigenvalue weighted by molar-refractivity contribution is -0.120. The van der Waals surface area contributed by atoms with Gasteiger partial charge in [-0.15, -0.1) is 0 Å². The number of aliphatic imine (C=N–C) groups is 2. The van der Waals surface area contributed by atoms with Gasteiger partial charge < -0.3 is 18.9 Å². The van der Waals surface area contributed by atoms with Crippen LogP contribution in [0.4, 0.5) is 4.39 Å². The predicted octanol–water partition coefficient (Wildman–Crippen LogP) is 4.37. The molecule has 1 heterocycles. The fourth-order valence-electron chi connectivity index (χ4n) is 3.53. The molecule has 33 heavy (non-hydrogen) atoms. The Balaban J connectivity index is 1.87. The van der Waals surface area contributed by atoms with Crippen molar-refractivity contribution in [1.29, 1.82) is 0 Å². The smallest absolute Gasteiger partial charge is 0.298 e. The van der Waals surface area contributed by atoms with Crippen molar-refractivity contribution in [3.05, 3.63) is 59.4 Å². The van der Waals surface area contributed by atoms with Crippen molar-refractivity contribution < 1.29 is 28.1 Å². The summed E-state index contributed by atoms with van der Waals surface area (Å²) < 4.78 is 36.8. The number of benzene rings is 2. The van der Waals surface area contributed by atoms with Crippen LogP contribution >= 0.6 is 0 Å². The lowest BCUT2D eigenvalue weighted by Gasteiger charge is -2.32. The minimum Gasteiger partial charge on any atom is -0.485 e. The molecule has 0 aromatic heterocycles. The molecule has 176 valence electrons. The van der Waals surface area contributed by atoms with Gasteiger partial charge in [-0.2, -0.15) is 0 Å². The molecule has 0 saturated heterocycles. The second-order valence-electron chi connectivity index (χ2n) is 8.71. The summed E-state index contributed by atoms with van der Waals surface area (Å²) >= 11 is 0. The molecule has 0 amide bonds. The Morgan fingerprint density at radius 3 is 2.30 bits per heavy atom. The Hall–Kier alpha value is -3.42. The van der Waals surface area contributed by atoms with Crippen molar-refractivity contribution in [2.24, 2.45) is 15.4 Å². The summed E-state index contributed by atoms with van der Waals surface area (Å²) in [6.45, 7) is 6.57. The summed E-state index contributed by atoms with van der Waals surface area (Å²) in [6, 6.07) is 11.2. The molecule has 1 aliphatic heterocycles. The molecule has 3 rings (SSSR count). The van der Waals surface area contributed by atoms with Crippen LogP contribution in [0.15, 0.2) is 52.4 Å². The van der Waals surface area contributed by atoms with Crippen molar-refractivity contribution in [2.45, 2.75) is 45.9 Å². The molecule has 2 atom stereocenters. The molecule has 0 spiro atoms. The van der Waals surface area contributed by atoms with Gasteiger partial charge in [0.25, 0.3) is 6.47 Å². The topological polar surface area (TPSA) is 78.7 Å². The largest absolute Gasteiger partial charge is 0.485 e. The fraction of sp³-hybridized carbons (Fsp3) is 0.400. The Morgan fingerprint density at radius 2 is 1.70 bits per heavy atom. The number of carbonyl (C=O) groups is 1. The van der Waals surface area contributed by atoms with E-state index in [0.29, 0.717) is 11.8 Å². The van der Waals surface area contributed by atoms with Gasteiger partial charge in [0.05, 0.1) is 14.2 Å². The molecule has 2 aromatic rings. The second-order valence-corrected chi connectivity index (χ2v) is 8.71. The third kappa shape index (κ3) is 5.88. The lowest BCUT2D eigenvalue weighted by Crippen LogP contribution is -2.42. The van der Waals surface area contributed by atoms with E-state index in [2.05, 4.69) is 9.98 Å². The zero-order valence-corrected chi connectivity index (χ0v) is 19.5. The van der Waals surface area contributed by atoms with Crippen LogP contribution in [0, 0.1) is 11.2 Å². The third-order valence-electron chi connectivity index (χ3n) is 5.24. The molecule has 0 bridgehead atoms. The number of carbonyl (C=O) groups excluding carboxylic acids is 1. The van der Waals surface area contributed by atoms with E-state index < -0.39 is 11.9 Å². The van der Waals surface area contributed by atoms with Gasteiger partial charge in [0.2, 0.25) is 11.8 Å². The van der Waals surface area contributed by atoms with E-state index in [0.717, 1.165) is 5.56 Å². The number of nitrogens with zero attached hydrogens (tertiary/aromatic N) is 2. The molecule has 0 saturated carbocycles. The maximum atomic E-state index is 15.0. The van der Waals surface area contributed by atoms with Gasteiger partial charge >= 0.3 is 0 Å². The number of methoxy groups -OCH3 is 2. The predicted molar refractivity (Wildman–Crippen MR) is 123 cm³/mol. The highest BCUT2D eigenvalue weighted by atomic mass is 19.1. The van der Waals surface area contributed by atoms with Gasteiger partial charge in [-0.3, -0.25) is 4.79 Å². The van der Waals surface area contributed by atoms with Crippen molar-refractivity contribution in [3.8, 4) is 11.5 Å². The highest BCUT2D eigenvalue weighted by molar-refractivity contribution is 5.94. The molecular formula is C25H29FN2O5. The first-order valence-corrected chi connectivity index (χ1v) is 10.6. The van der Waals surface area contributed by atoms with Gasteiger partial charge in [-0.25, -0.2) is 14.4 Å². The Kier molecular flexibility index (Phi) is 7.68. The zero-order chi connectivity index (χ0) is 24.0. The van der Waals surface area contributed by atoms with Crippen molar-refractivity contribution >= 4 is 18.3 Å². The van der Waals surface area contributed by atoms with E-state index in [1.165, 1.54) is 26.4 Å². The van der Waals surface area contributed by atoms with E-state index >= 15 is 4.39 Å². The SMILES string of the molecule is COC1=NC(C(C)(C)C)C(OC)=NC1Cc1cc(OC=O)c(OCc2ccccc2)cc1F. The van der Waals surface area contributed by atoms with Gasteiger partial charge in [0.15, 0.2) is 11.5 Å². The van der Waals surface area contributed by atoms with Gasteiger partial charge in [-0.1, -0.05) is 51.1 Å². The van der Waals surface area contributed by atoms with E-state index in [1.807, 2.05) is 51.1 Å². The average Bonchev–Trinajstić information content (AvgIpc) is 2.79. The van der Waals surface area contributed by atoms with Crippen LogP contribution in [-0.4, -0.2) is 44.6 Å². The van der Waals surface area contributed by atoms with Gasteiger partial charge in [-0.05, 0) is 22.6 Å². The number of halogens is 1. The summed E-state index contributed by atoms with van der Waals surface area (Å²) in [7, 11) is 3.05. The van der Waals surface area contributed by atoms with E-state index in [1.54, 1.807) is 0 Å². The van der Waals surface area contributed by atoms with Gasteiger partial charge in [0.1, 0.15) is 24.5 Å². The van der Waals surface area contributed by atoms with E-state index in [-0.39, 0.29) is 48.0 Å². The van der Waals surface area contributed by atoms with Crippen molar-refractivity contribution in [3.63, 3.8) is 0 Å². The highest BCUT2D eigenvalue weighted by Gasteiger charge is 2.37. The first-order valence-electron chi connectivity index (χ1n) is 10.6. The summed E-state index contributed by atoms with van der Waals surface area (Å²) in [4.78, 5) is 20.4. The second kappa shape index (κ2) is 10.5. The van der Waals surface area contributed by atoms with Crippen LogP contribution in [0.1, 0.15) is 31.9 Å². The zero-order valence-electron chi connectivity index (χ0n) is 19.5. The Morgan fingerprint density at radius 1 is 1.00 bits per heavy atom. The quantitative estimate of drug-likeness (QED) is 0.578. The highest BCUT2D eigenvalue weighted by Crippen LogP contribution is 2.33. The minimum atomic E-state index is -0.585. The fourth-order valence-corrected chi connectivity index (χ4v) is 3.53. The lowest BCUT2D eigenvalue weighted by atomic mass is 9.86. The molecule has 0 N–H and O–H groups in total. The number of rotatable bonds is 7. The summed E-state index contributed by atoms with van der Waals surface area (Å²) in [5.74, 6) is 0.579. The summed E-state index contributed by atoms with van der Waals surface area (Å²) in [6.07, 6.45) is 0.135. The normalized spacial score (nSPS) is 18.1. The molecule has 2 unspecified atom stereocenters. The maximum absolute atomic E-state index is 15.0. The maximum Gasteiger partial charge on any atom is 0.298 e. The Labute approximate surface area is 193 Å². The van der Waals surface area contributed by atoms with Crippen LogP contribution < -0.4 is 9.47 Å². The standard InChI is InChI=1S/C25H29FN2O5/c1-25(2,3)22-24(31-5)27-19(23(28-22)30-4)11-17-12-20(33-15-29)21(13-18(17)26)32-14-16-9-7-6-8-10-16/h6-10,12-13,15,19,22H,11,14H2,1-5H3. The molecule has 8 heteroatoms. The van der Waals surface area contributed by atoms with Crippen molar-refractivity contribution in [1.82, 2.24) is 0 Å². The van der Waals surface area contributed by atoms with Crippen LogP contribution in [0.3, 0.4) is 0 Å². The average molecular weight is 457 g/mol. The van der Waals surface area contributed by atoms with Crippen LogP contribution in [-0.2, 0) is 27.3 Å². The first-order chi connectivity index (χ1) is 15.8.